The van der Waals surface area contributed by atoms with Gasteiger partial charge in [0.2, 0.25) is 0 Å². The number of ether oxygens (including phenoxy) is 4. The molecule has 2 saturated carbocycles. The van der Waals surface area contributed by atoms with Gasteiger partial charge in [0.25, 0.3) is 0 Å². The maximum atomic E-state index is 12.0. The molecule has 0 amide bonds. The van der Waals surface area contributed by atoms with Crippen LogP contribution in [0.1, 0.15) is 39.5 Å². The summed E-state index contributed by atoms with van der Waals surface area (Å²) in [6, 6.07) is 0. The summed E-state index contributed by atoms with van der Waals surface area (Å²) in [4.78, 5) is 46.9. The van der Waals surface area contributed by atoms with E-state index in [0.29, 0.717) is 18.8 Å². The van der Waals surface area contributed by atoms with Gasteiger partial charge in [-0.1, -0.05) is 13.8 Å². The number of fused-ring (bicyclic) bond motifs is 1. The third kappa shape index (κ3) is 4.16. The van der Waals surface area contributed by atoms with Crippen LogP contribution in [0.25, 0.3) is 0 Å². The van der Waals surface area contributed by atoms with Gasteiger partial charge in [0.05, 0.1) is 11.8 Å². The number of carbonyl (C=O) groups excluding carboxylic acids is 4. The first-order valence-electron chi connectivity index (χ1n) is 9.05. The van der Waals surface area contributed by atoms with E-state index in [1.165, 1.54) is 0 Å². The minimum atomic E-state index is -0.815. The summed E-state index contributed by atoms with van der Waals surface area (Å²) in [7, 11) is 0. The molecule has 2 aliphatic carbocycles. The fourth-order valence-corrected chi connectivity index (χ4v) is 4.10. The summed E-state index contributed by atoms with van der Waals surface area (Å²) in [5.74, 6) is -2.12. The van der Waals surface area contributed by atoms with Crippen molar-refractivity contribution in [3.05, 3.63) is 0 Å². The van der Waals surface area contributed by atoms with Crippen molar-refractivity contribution >= 4 is 23.9 Å². The van der Waals surface area contributed by atoms with Crippen molar-refractivity contribution in [1.29, 1.82) is 0 Å². The topological polar surface area (TPSA) is 105 Å². The second-order valence-electron chi connectivity index (χ2n) is 7.62. The van der Waals surface area contributed by atoms with E-state index in [2.05, 4.69) is 0 Å². The number of hydrogen-bond acceptors (Lipinski definition) is 8. The van der Waals surface area contributed by atoms with Gasteiger partial charge >= 0.3 is 23.9 Å². The molecule has 0 aromatic rings. The molecule has 8 heteroatoms. The highest BCUT2D eigenvalue weighted by Gasteiger charge is 2.51. The van der Waals surface area contributed by atoms with Crippen molar-refractivity contribution in [2.24, 2.45) is 23.7 Å². The lowest BCUT2D eigenvalue weighted by atomic mass is 9.67. The Bertz CT molecular complexity index is 598. The molecule has 0 aromatic heterocycles. The smallest absolute Gasteiger partial charge is 0.344 e. The zero-order valence-electron chi connectivity index (χ0n) is 15.0. The van der Waals surface area contributed by atoms with Gasteiger partial charge in [-0.25, -0.2) is 9.59 Å². The maximum Gasteiger partial charge on any atom is 0.344 e. The molecule has 0 aromatic carbocycles. The first-order chi connectivity index (χ1) is 12.3. The Morgan fingerprint density at radius 3 is 2.50 bits per heavy atom. The average molecular weight is 368 g/mol. The second-order valence-corrected chi connectivity index (χ2v) is 7.62. The summed E-state index contributed by atoms with van der Waals surface area (Å²) in [5, 5.41) is 0. The highest BCUT2D eigenvalue weighted by molar-refractivity contribution is 5.80. The molecule has 4 aliphatic rings. The van der Waals surface area contributed by atoms with Crippen LogP contribution < -0.4 is 0 Å². The van der Waals surface area contributed by atoms with Crippen LogP contribution in [0.5, 0.6) is 0 Å². The van der Waals surface area contributed by atoms with Crippen LogP contribution in [0.2, 0.25) is 0 Å². The van der Waals surface area contributed by atoms with E-state index < -0.39 is 43.3 Å². The molecule has 8 nitrogen and oxygen atoms in total. The molecule has 0 radical (unpaired) electrons. The maximum absolute atomic E-state index is 12.0. The standard InChI is InChI=1S/C18H24O8/c1-9(2)17(21)24-7-14(19)23-8-15(20)26-16-11-3-10-4-12(6-11)18(22)25-13(16)5-10/h9-13,16H,3-8H2,1-2H3. The van der Waals surface area contributed by atoms with Crippen LogP contribution in [0.3, 0.4) is 0 Å². The van der Waals surface area contributed by atoms with Crippen LogP contribution >= 0.6 is 0 Å². The van der Waals surface area contributed by atoms with E-state index in [-0.39, 0.29) is 23.7 Å². The molecule has 2 heterocycles. The van der Waals surface area contributed by atoms with E-state index in [1.807, 2.05) is 0 Å². The summed E-state index contributed by atoms with van der Waals surface area (Å²) >= 11 is 0. The van der Waals surface area contributed by atoms with Crippen LogP contribution in [0.4, 0.5) is 0 Å². The highest BCUT2D eigenvalue weighted by atomic mass is 16.6. The zero-order valence-corrected chi connectivity index (χ0v) is 15.0. The Hall–Kier alpha value is -2.12. The fourth-order valence-electron chi connectivity index (χ4n) is 4.10. The van der Waals surface area contributed by atoms with Crippen molar-refractivity contribution in [1.82, 2.24) is 0 Å². The predicted molar refractivity (Wildman–Crippen MR) is 85.5 cm³/mol. The van der Waals surface area contributed by atoms with Gasteiger partial charge < -0.3 is 18.9 Å². The lowest BCUT2D eigenvalue weighted by molar-refractivity contribution is -0.179. The van der Waals surface area contributed by atoms with Crippen LogP contribution in [0.15, 0.2) is 0 Å². The van der Waals surface area contributed by atoms with Crippen molar-refractivity contribution in [2.45, 2.75) is 51.7 Å². The quantitative estimate of drug-likeness (QED) is 0.505. The van der Waals surface area contributed by atoms with Crippen molar-refractivity contribution in [3.8, 4) is 0 Å². The van der Waals surface area contributed by atoms with Gasteiger partial charge in [0.1, 0.15) is 12.2 Å². The molecule has 0 N–H and O–H groups in total. The minimum absolute atomic E-state index is 0.0964. The lowest BCUT2D eigenvalue weighted by Crippen LogP contribution is -2.45. The van der Waals surface area contributed by atoms with Crippen molar-refractivity contribution in [3.63, 3.8) is 0 Å². The Kier molecular flexibility index (Phi) is 5.48. The first-order valence-corrected chi connectivity index (χ1v) is 9.05. The molecule has 26 heavy (non-hydrogen) atoms. The Balaban J connectivity index is 1.46. The van der Waals surface area contributed by atoms with Crippen LogP contribution in [-0.2, 0) is 38.1 Å². The van der Waals surface area contributed by atoms with Gasteiger partial charge in [0.15, 0.2) is 13.2 Å². The molecule has 4 rings (SSSR count). The molecule has 5 atom stereocenters. The number of carbonyl (C=O) groups is 4. The normalized spacial score (nSPS) is 32.0. The largest absolute Gasteiger partial charge is 0.458 e. The predicted octanol–water partition coefficient (Wildman–Crippen LogP) is 1.00. The zero-order chi connectivity index (χ0) is 18.8. The average Bonchev–Trinajstić information content (AvgIpc) is 2.75. The number of rotatable bonds is 6. The summed E-state index contributed by atoms with van der Waals surface area (Å²) in [6.45, 7) is 2.19. The van der Waals surface area contributed by atoms with Crippen molar-refractivity contribution in [2.75, 3.05) is 13.2 Å². The molecular weight excluding hydrogens is 344 g/mol. The fraction of sp³-hybridized carbons (Fsp3) is 0.778. The van der Waals surface area contributed by atoms with Gasteiger partial charge in [0, 0.05) is 5.92 Å². The van der Waals surface area contributed by atoms with E-state index in [1.54, 1.807) is 13.8 Å². The molecular formula is C18H24O8. The SMILES string of the molecule is CC(C)C(=O)OCC(=O)OCC(=O)OC1C2CC3CC(C2)C(=O)OC1C3. The van der Waals surface area contributed by atoms with Crippen LogP contribution in [-0.4, -0.2) is 49.3 Å². The molecule has 2 aliphatic heterocycles. The molecule has 4 bridgehead atoms. The van der Waals surface area contributed by atoms with Gasteiger partial charge in [-0.05, 0) is 31.6 Å². The van der Waals surface area contributed by atoms with E-state index in [4.69, 9.17) is 18.9 Å². The summed E-state index contributed by atoms with van der Waals surface area (Å²) < 4.78 is 20.5. The molecule has 4 fully saturated rings. The summed E-state index contributed by atoms with van der Waals surface area (Å²) in [6.07, 6.45) is 2.28. The number of esters is 4. The lowest BCUT2D eigenvalue weighted by Gasteiger charge is -2.41. The van der Waals surface area contributed by atoms with E-state index >= 15 is 0 Å². The second kappa shape index (κ2) is 7.63. The van der Waals surface area contributed by atoms with Gasteiger partial charge in [-0.3, -0.25) is 9.59 Å². The first kappa shape index (κ1) is 18.7. The molecule has 5 unspecified atom stereocenters. The van der Waals surface area contributed by atoms with E-state index in [0.717, 1.165) is 12.8 Å². The van der Waals surface area contributed by atoms with E-state index in [9.17, 15) is 19.2 Å². The molecule has 0 spiro atoms. The minimum Gasteiger partial charge on any atom is -0.458 e. The number of hydrogen-bond donors (Lipinski definition) is 0. The third-order valence-corrected chi connectivity index (χ3v) is 5.26. The Morgan fingerprint density at radius 2 is 1.77 bits per heavy atom. The van der Waals surface area contributed by atoms with Gasteiger partial charge in [-0.2, -0.15) is 0 Å². The highest BCUT2D eigenvalue weighted by Crippen LogP contribution is 2.48. The third-order valence-electron chi connectivity index (χ3n) is 5.26. The monoisotopic (exact) mass is 368 g/mol. The summed E-state index contributed by atoms with van der Waals surface area (Å²) in [5.41, 5.74) is 0. The van der Waals surface area contributed by atoms with Crippen molar-refractivity contribution < 1.29 is 38.1 Å². The molecule has 144 valence electrons. The molecule has 2 saturated heterocycles. The van der Waals surface area contributed by atoms with Crippen LogP contribution in [0, 0.1) is 23.7 Å². The van der Waals surface area contributed by atoms with Gasteiger partial charge in [-0.15, -0.1) is 0 Å². The Labute approximate surface area is 151 Å². The Morgan fingerprint density at radius 1 is 1.04 bits per heavy atom.